The molecule has 7 nitrogen and oxygen atoms in total. The monoisotopic (exact) mass is 502 g/mol. The van der Waals surface area contributed by atoms with E-state index in [0.29, 0.717) is 46.0 Å². The molecule has 0 saturated heterocycles. The van der Waals surface area contributed by atoms with Crippen LogP contribution in [0.25, 0.3) is 0 Å². The van der Waals surface area contributed by atoms with Crippen LogP contribution in [0, 0.1) is 19.7 Å². The summed E-state index contributed by atoms with van der Waals surface area (Å²) in [7, 11) is 0. The molecule has 1 N–H and O–H groups in total. The molecule has 36 heavy (non-hydrogen) atoms. The number of nitrogens with zero attached hydrogens (tertiary/aromatic N) is 3. The van der Waals surface area contributed by atoms with Crippen molar-refractivity contribution in [2.75, 3.05) is 10.2 Å². The van der Waals surface area contributed by atoms with Gasteiger partial charge in [0, 0.05) is 10.6 Å². The number of carbonyl (C=O) groups excluding carboxylic acids is 3. The maximum absolute atomic E-state index is 13.4. The molecule has 0 unspecified atom stereocenters. The summed E-state index contributed by atoms with van der Waals surface area (Å²) in [5.74, 6) is -1.70. The highest BCUT2D eigenvalue weighted by Gasteiger charge is 2.36. The predicted octanol–water partition coefficient (Wildman–Crippen LogP) is 5.39. The van der Waals surface area contributed by atoms with Crippen molar-refractivity contribution >= 4 is 40.7 Å². The van der Waals surface area contributed by atoms with E-state index in [1.54, 1.807) is 60.1 Å². The normalized spacial score (nSPS) is 12.7. The van der Waals surface area contributed by atoms with E-state index in [-0.39, 0.29) is 10.6 Å². The van der Waals surface area contributed by atoms with Gasteiger partial charge >= 0.3 is 0 Å². The van der Waals surface area contributed by atoms with E-state index in [1.165, 1.54) is 18.2 Å². The molecule has 1 aromatic heterocycles. The van der Waals surface area contributed by atoms with E-state index in [4.69, 9.17) is 11.6 Å². The highest BCUT2D eigenvalue weighted by Crippen LogP contribution is 2.29. The van der Waals surface area contributed by atoms with Gasteiger partial charge in [-0.15, -0.1) is 0 Å². The van der Waals surface area contributed by atoms with Crippen LogP contribution in [0.15, 0.2) is 66.7 Å². The van der Waals surface area contributed by atoms with Crippen molar-refractivity contribution in [3.05, 3.63) is 111 Å². The minimum Gasteiger partial charge on any atom is -0.319 e. The van der Waals surface area contributed by atoms with Gasteiger partial charge in [0.05, 0.1) is 40.4 Å². The summed E-state index contributed by atoms with van der Waals surface area (Å²) in [5, 5.41) is 7.66. The lowest BCUT2D eigenvalue weighted by atomic mass is 10.1. The fourth-order valence-electron chi connectivity index (χ4n) is 4.24. The fourth-order valence-corrected chi connectivity index (χ4v) is 4.47. The van der Waals surface area contributed by atoms with Gasteiger partial charge in [0.1, 0.15) is 5.82 Å². The molecule has 5 rings (SSSR count). The number of nitrogens with one attached hydrogen (secondary N) is 1. The third kappa shape index (κ3) is 4.05. The minimum absolute atomic E-state index is 0.275. The molecule has 9 heteroatoms. The molecule has 1 aliphatic heterocycles. The van der Waals surface area contributed by atoms with Crippen LogP contribution in [0.2, 0.25) is 5.02 Å². The molecular formula is C27H20ClFN4O3. The van der Waals surface area contributed by atoms with Gasteiger partial charge in [0.25, 0.3) is 17.7 Å². The number of hydrogen-bond donors (Lipinski definition) is 1. The molecule has 0 aliphatic carbocycles. The fraction of sp³-hybridized carbons (Fsp3) is 0.111. The Labute approximate surface area is 211 Å². The molecule has 4 aromatic rings. The van der Waals surface area contributed by atoms with Gasteiger partial charge in [-0.2, -0.15) is 5.10 Å². The Morgan fingerprint density at radius 2 is 1.67 bits per heavy atom. The number of hydrogen-bond acceptors (Lipinski definition) is 4. The first-order valence-electron chi connectivity index (χ1n) is 11.1. The Kier molecular flexibility index (Phi) is 5.89. The average Bonchev–Trinajstić information content (AvgIpc) is 3.27. The zero-order valence-electron chi connectivity index (χ0n) is 19.4. The molecule has 1 aliphatic rings. The lowest BCUT2D eigenvalue weighted by molar-refractivity contribution is 0.0924. The Hall–Kier alpha value is -4.30. The molecule has 0 fully saturated rings. The van der Waals surface area contributed by atoms with Crippen molar-refractivity contribution < 1.29 is 18.8 Å². The number of carbonyl (C=O) groups is 3. The topological polar surface area (TPSA) is 84.3 Å². The number of fused-ring (bicyclic) bond motifs is 1. The number of anilines is 2. The van der Waals surface area contributed by atoms with Crippen LogP contribution in [-0.2, 0) is 6.54 Å². The number of benzene rings is 3. The third-order valence-electron chi connectivity index (χ3n) is 6.12. The smallest absolute Gasteiger partial charge is 0.266 e. The van der Waals surface area contributed by atoms with E-state index in [9.17, 15) is 18.8 Å². The van der Waals surface area contributed by atoms with Crippen LogP contribution in [0.5, 0.6) is 0 Å². The van der Waals surface area contributed by atoms with E-state index in [1.807, 2.05) is 6.92 Å². The van der Waals surface area contributed by atoms with Gasteiger partial charge in [-0.3, -0.25) is 19.1 Å². The number of imide groups is 1. The second-order valence-electron chi connectivity index (χ2n) is 8.43. The van der Waals surface area contributed by atoms with Crippen molar-refractivity contribution in [3.8, 4) is 0 Å². The van der Waals surface area contributed by atoms with Gasteiger partial charge < -0.3 is 5.32 Å². The summed E-state index contributed by atoms with van der Waals surface area (Å²) in [5.41, 5.74) is 3.75. The van der Waals surface area contributed by atoms with Crippen molar-refractivity contribution in [2.24, 2.45) is 0 Å². The summed E-state index contributed by atoms with van der Waals surface area (Å²) in [6.45, 7) is 3.87. The molecule has 2 heterocycles. The highest BCUT2D eigenvalue weighted by atomic mass is 35.5. The zero-order chi connectivity index (χ0) is 25.6. The number of amides is 3. The van der Waals surface area contributed by atoms with E-state index in [0.717, 1.165) is 4.90 Å². The predicted molar refractivity (Wildman–Crippen MR) is 134 cm³/mol. The molecule has 180 valence electrons. The summed E-state index contributed by atoms with van der Waals surface area (Å²) in [6, 6.07) is 17.1. The van der Waals surface area contributed by atoms with E-state index >= 15 is 0 Å². The number of aromatic nitrogens is 2. The lowest BCUT2D eigenvalue weighted by Gasteiger charge is -2.15. The SMILES string of the molecule is Cc1nn(Cc2ccc(F)cc2Cl)c(C)c1NC(=O)c1cccc(N2C(=O)c3ccccc3C2=O)c1. The van der Waals surface area contributed by atoms with E-state index < -0.39 is 23.5 Å². The molecule has 3 amide bonds. The van der Waals surface area contributed by atoms with Crippen molar-refractivity contribution in [3.63, 3.8) is 0 Å². The van der Waals surface area contributed by atoms with Gasteiger partial charge in [0.2, 0.25) is 0 Å². The number of rotatable bonds is 5. The molecular weight excluding hydrogens is 483 g/mol. The Morgan fingerprint density at radius 3 is 2.33 bits per heavy atom. The van der Waals surface area contributed by atoms with Crippen LogP contribution in [0.1, 0.15) is 48.0 Å². The van der Waals surface area contributed by atoms with Crippen molar-refractivity contribution in [2.45, 2.75) is 20.4 Å². The quantitative estimate of drug-likeness (QED) is 0.371. The van der Waals surface area contributed by atoms with Crippen LogP contribution in [-0.4, -0.2) is 27.5 Å². The molecule has 0 spiro atoms. The summed E-state index contributed by atoms with van der Waals surface area (Å²) in [4.78, 5) is 39.9. The largest absolute Gasteiger partial charge is 0.319 e. The van der Waals surface area contributed by atoms with Gasteiger partial charge in [-0.1, -0.05) is 35.9 Å². The van der Waals surface area contributed by atoms with Gasteiger partial charge in [-0.25, -0.2) is 9.29 Å². The van der Waals surface area contributed by atoms with E-state index in [2.05, 4.69) is 10.4 Å². The van der Waals surface area contributed by atoms with Crippen molar-refractivity contribution in [1.82, 2.24) is 9.78 Å². The summed E-state index contributed by atoms with van der Waals surface area (Å²) >= 11 is 6.16. The molecule has 0 bridgehead atoms. The second kappa shape index (κ2) is 9.05. The maximum atomic E-state index is 13.4. The van der Waals surface area contributed by atoms with Crippen molar-refractivity contribution in [1.29, 1.82) is 0 Å². The Balaban J connectivity index is 1.38. The first kappa shape index (κ1) is 23.4. The zero-order valence-corrected chi connectivity index (χ0v) is 20.1. The highest BCUT2D eigenvalue weighted by molar-refractivity contribution is 6.34. The molecule has 0 radical (unpaired) electrons. The second-order valence-corrected chi connectivity index (χ2v) is 8.84. The Morgan fingerprint density at radius 1 is 0.972 bits per heavy atom. The first-order chi connectivity index (χ1) is 17.2. The lowest BCUT2D eigenvalue weighted by Crippen LogP contribution is -2.29. The van der Waals surface area contributed by atoms with Crippen LogP contribution >= 0.6 is 11.6 Å². The Bertz CT molecular complexity index is 1530. The molecule has 3 aromatic carbocycles. The van der Waals surface area contributed by atoms with Crippen LogP contribution in [0.3, 0.4) is 0 Å². The van der Waals surface area contributed by atoms with Crippen LogP contribution in [0.4, 0.5) is 15.8 Å². The van der Waals surface area contributed by atoms with Crippen LogP contribution < -0.4 is 10.2 Å². The summed E-state index contributed by atoms with van der Waals surface area (Å²) < 4.78 is 15.1. The summed E-state index contributed by atoms with van der Waals surface area (Å²) in [6.07, 6.45) is 0. The first-order valence-corrected chi connectivity index (χ1v) is 11.5. The standard InChI is InChI=1S/C27H20ClFN4O3/c1-15-24(16(2)32(31-15)14-18-10-11-19(29)13-23(18)28)30-25(34)17-6-5-7-20(12-17)33-26(35)21-8-3-4-9-22(21)27(33)36/h3-13H,14H2,1-2H3,(H,30,34). The van der Waals surface area contributed by atoms with Gasteiger partial charge in [-0.05, 0) is 61.9 Å². The number of halogens is 2. The number of aryl methyl sites for hydroxylation is 1. The minimum atomic E-state index is -0.430. The van der Waals surface area contributed by atoms with Gasteiger partial charge in [0.15, 0.2) is 0 Å². The average molecular weight is 503 g/mol. The molecule has 0 atom stereocenters. The third-order valence-corrected chi connectivity index (χ3v) is 6.47. The molecule has 0 saturated carbocycles. The maximum Gasteiger partial charge on any atom is 0.266 e.